The standard InChI is InChI=1S/C23H38ClF3N6O2/c1-30(22(34)31-9-11-35-12-10-31)21(23(25,26)27)15-4-6-16(7-5-15)32-8-2-3-17-18(32)14-28-20-13-19(24)29-33(17)20/h15-21,28-29H,2-14H2,1H3/t15?,16?,17?,18?,19?,20?,21-/m0/s1. The molecule has 35 heavy (non-hydrogen) atoms. The van der Waals surface area contributed by atoms with Crippen LogP contribution in [0.5, 0.6) is 0 Å². The van der Waals surface area contributed by atoms with Crippen molar-refractivity contribution in [3.63, 3.8) is 0 Å². The number of halogens is 4. The zero-order valence-electron chi connectivity index (χ0n) is 20.4. The third-order valence-corrected chi connectivity index (χ3v) is 9.03. The van der Waals surface area contributed by atoms with Gasteiger partial charge in [-0.2, -0.15) is 13.2 Å². The summed E-state index contributed by atoms with van der Waals surface area (Å²) in [5.41, 5.74) is 3.34. The van der Waals surface area contributed by atoms with Crippen molar-refractivity contribution < 1.29 is 22.7 Å². The molecule has 0 radical (unpaired) electrons. The number of carbonyl (C=O) groups is 1. The van der Waals surface area contributed by atoms with Crippen LogP contribution in [-0.4, -0.2) is 114 Å². The zero-order chi connectivity index (χ0) is 24.7. The van der Waals surface area contributed by atoms with Crippen molar-refractivity contribution in [2.75, 3.05) is 46.4 Å². The van der Waals surface area contributed by atoms with Gasteiger partial charge in [-0.3, -0.25) is 10.2 Å². The molecular formula is C23H38ClF3N6O2. The van der Waals surface area contributed by atoms with Gasteiger partial charge in [0.1, 0.15) is 6.04 Å². The molecule has 0 aromatic rings. The molecular weight excluding hydrogens is 485 g/mol. The fourth-order valence-electron chi connectivity index (χ4n) is 7.12. The minimum Gasteiger partial charge on any atom is -0.378 e. The molecule has 4 unspecified atom stereocenters. The summed E-state index contributed by atoms with van der Waals surface area (Å²) in [4.78, 5) is 17.8. The topological polar surface area (TPSA) is 63.3 Å². The van der Waals surface area contributed by atoms with E-state index in [-0.39, 0.29) is 17.7 Å². The van der Waals surface area contributed by atoms with Crippen molar-refractivity contribution in [1.29, 1.82) is 0 Å². The number of nitrogens with zero attached hydrogens (tertiary/aromatic N) is 4. The Labute approximate surface area is 210 Å². The second-order valence-corrected chi connectivity index (χ2v) is 11.3. The number of carbonyl (C=O) groups excluding carboxylic acids is 1. The lowest BCUT2D eigenvalue weighted by Crippen LogP contribution is -2.70. The van der Waals surface area contributed by atoms with Crippen LogP contribution in [0.25, 0.3) is 0 Å². The molecule has 4 aliphatic heterocycles. The molecule has 0 bridgehead atoms. The maximum absolute atomic E-state index is 14.2. The first-order chi connectivity index (χ1) is 16.7. The number of hydrogen-bond donors (Lipinski definition) is 2. The lowest BCUT2D eigenvalue weighted by Gasteiger charge is -2.53. The number of hydrogen-bond acceptors (Lipinski definition) is 6. The Morgan fingerprint density at radius 1 is 1.09 bits per heavy atom. The Morgan fingerprint density at radius 2 is 1.80 bits per heavy atom. The first kappa shape index (κ1) is 25.8. The van der Waals surface area contributed by atoms with Gasteiger partial charge in [0.25, 0.3) is 0 Å². The molecule has 5 atom stereocenters. The Kier molecular flexibility index (Phi) is 7.73. The van der Waals surface area contributed by atoms with Crippen LogP contribution in [0.1, 0.15) is 44.9 Å². The zero-order valence-corrected chi connectivity index (χ0v) is 21.1. The highest BCUT2D eigenvalue weighted by Gasteiger charge is 2.52. The van der Waals surface area contributed by atoms with Gasteiger partial charge in [-0.1, -0.05) is 0 Å². The smallest absolute Gasteiger partial charge is 0.378 e. The first-order valence-corrected chi connectivity index (χ1v) is 13.5. The molecule has 8 nitrogen and oxygen atoms in total. The summed E-state index contributed by atoms with van der Waals surface area (Å²) in [6.07, 6.45) is 1.27. The number of morpholine rings is 1. The summed E-state index contributed by atoms with van der Waals surface area (Å²) in [6, 6.07) is -1.31. The summed E-state index contributed by atoms with van der Waals surface area (Å²) in [5, 5.41) is 5.90. The van der Waals surface area contributed by atoms with Gasteiger partial charge in [-0.15, -0.1) is 11.6 Å². The van der Waals surface area contributed by atoms with Crippen LogP contribution in [0.4, 0.5) is 18.0 Å². The average Bonchev–Trinajstić information content (AvgIpc) is 3.24. The Morgan fingerprint density at radius 3 is 2.49 bits per heavy atom. The molecule has 2 amide bonds. The third kappa shape index (κ3) is 5.27. The van der Waals surface area contributed by atoms with E-state index in [2.05, 4.69) is 20.7 Å². The molecule has 2 N–H and O–H groups in total. The molecule has 4 saturated heterocycles. The molecule has 0 spiro atoms. The normalized spacial score (nSPS) is 38.0. The van der Waals surface area contributed by atoms with E-state index in [1.54, 1.807) is 0 Å². The minimum atomic E-state index is -4.45. The molecule has 12 heteroatoms. The van der Waals surface area contributed by atoms with Crippen molar-refractivity contribution >= 4 is 17.6 Å². The molecule has 4 heterocycles. The van der Waals surface area contributed by atoms with Gasteiger partial charge in [-0.25, -0.2) is 15.2 Å². The highest BCUT2D eigenvalue weighted by molar-refractivity contribution is 6.20. The van der Waals surface area contributed by atoms with Crippen molar-refractivity contribution in [1.82, 2.24) is 30.5 Å². The quantitative estimate of drug-likeness (QED) is 0.438. The van der Waals surface area contributed by atoms with Gasteiger partial charge < -0.3 is 14.5 Å². The van der Waals surface area contributed by atoms with E-state index in [1.165, 1.54) is 11.9 Å². The lowest BCUT2D eigenvalue weighted by molar-refractivity contribution is -0.192. The molecule has 0 aromatic carbocycles. The first-order valence-electron chi connectivity index (χ1n) is 13.1. The summed E-state index contributed by atoms with van der Waals surface area (Å²) in [5.74, 6) is -0.576. The maximum atomic E-state index is 14.2. The van der Waals surface area contributed by atoms with Crippen LogP contribution < -0.4 is 10.7 Å². The number of alkyl halides is 4. The second-order valence-electron chi connectivity index (χ2n) is 10.7. The van der Waals surface area contributed by atoms with Crippen LogP contribution in [0.3, 0.4) is 0 Å². The number of rotatable bonds is 3. The summed E-state index contributed by atoms with van der Waals surface area (Å²) < 4.78 is 48.0. The van der Waals surface area contributed by atoms with Gasteiger partial charge in [0.15, 0.2) is 0 Å². The van der Waals surface area contributed by atoms with Crippen LogP contribution in [0, 0.1) is 5.92 Å². The van der Waals surface area contributed by atoms with E-state index in [4.69, 9.17) is 16.3 Å². The van der Waals surface area contributed by atoms with E-state index < -0.39 is 24.2 Å². The number of piperidine rings is 1. The molecule has 1 aliphatic carbocycles. The van der Waals surface area contributed by atoms with E-state index in [0.29, 0.717) is 51.2 Å². The summed E-state index contributed by atoms with van der Waals surface area (Å²) in [6.45, 7) is 3.28. The van der Waals surface area contributed by atoms with Crippen LogP contribution in [-0.2, 0) is 4.74 Å². The predicted octanol–water partition coefficient (Wildman–Crippen LogP) is 2.40. The van der Waals surface area contributed by atoms with Crippen molar-refractivity contribution in [3.05, 3.63) is 0 Å². The van der Waals surface area contributed by atoms with Gasteiger partial charge in [0.05, 0.1) is 24.9 Å². The lowest BCUT2D eigenvalue weighted by atomic mass is 9.78. The Bertz CT molecular complexity index is 749. The SMILES string of the molecule is CN(C(=O)N1CCOCC1)[C@@H](C1CCC(N2CCCC3C2CNC2CC(Cl)NN23)CC1)C(F)(F)F. The average molecular weight is 523 g/mol. The highest BCUT2D eigenvalue weighted by Crippen LogP contribution is 2.41. The van der Waals surface area contributed by atoms with Crippen LogP contribution in [0.2, 0.25) is 0 Å². The fraction of sp³-hybridized carbons (Fsp3) is 0.957. The largest absolute Gasteiger partial charge is 0.409 e. The van der Waals surface area contributed by atoms with Gasteiger partial charge >= 0.3 is 12.2 Å². The number of urea groups is 1. The second kappa shape index (κ2) is 10.5. The van der Waals surface area contributed by atoms with Crippen molar-refractivity contribution in [2.24, 2.45) is 5.92 Å². The highest BCUT2D eigenvalue weighted by atomic mass is 35.5. The molecule has 0 aromatic heterocycles. The molecule has 5 rings (SSSR count). The fourth-order valence-corrected chi connectivity index (χ4v) is 7.40. The van der Waals surface area contributed by atoms with E-state index in [0.717, 1.165) is 50.1 Å². The minimum absolute atomic E-state index is 0.0615. The van der Waals surface area contributed by atoms with E-state index in [9.17, 15) is 18.0 Å². The number of ether oxygens (including phenoxy) is 1. The summed E-state index contributed by atoms with van der Waals surface area (Å²) in [7, 11) is 1.31. The van der Waals surface area contributed by atoms with E-state index >= 15 is 0 Å². The predicted molar refractivity (Wildman–Crippen MR) is 126 cm³/mol. The van der Waals surface area contributed by atoms with Gasteiger partial charge in [-0.05, 0) is 51.0 Å². The number of likely N-dealkylation sites (tertiary alicyclic amines) is 1. The molecule has 200 valence electrons. The van der Waals surface area contributed by atoms with Gasteiger partial charge in [0.2, 0.25) is 0 Å². The number of nitrogens with one attached hydrogen (secondary N) is 2. The molecule has 5 fully saturated rings. The molecule has 1 saturated carbocycles. The number of amides is 2. The van der Waals surface area contributed by atoms with Crippen molar-refractivity contribution in [2.45, 2.75) is 87.0 Å². The molecule has 5 aliphatic rings. The van der Waals surface area contributed by atoms with Crippen LogP contribution >= 0.6 is 11.6 Å². The third-order valence-electron chi connectivity index (χ3n) is 8.75. The number of hydrazine groups is 1. The Hall–Kier alpha value is -0.850. The monoisotopic (exact) mass is 522 g/mol. The van der Waals surface area contributed by atoms with E-state index in [1.807, 2.05) is 0 Å². The maximum Gasteiger partial charge on any atom is 0.409 e. The summed E-state index contributed by atoms with van der Waals surface area (Å²) >= 11 is 6.35. The Balaban J connectivity index is 1.22. The number of fused-ring (bicyclic) bond motifs is 3. The van der Waals surface area contributed by atoms with Crippen molar-refractivity contribution in [3.8, 4) is 0 Å². The van der Waals surface area contributed by atoms with Gasteiger partial charge in [0, 0.05) is 51.2 Å². The van der Waals surface area contributed by atoms with Crippen LogP contribution in [0.15, 0.2) is 0 Å².